The number of rotatable bonds is 2. The summed E-state index contributed by atoms with van der Waals surface area (Å²) in [6, 6.07) is 9.84. The molecule has 0 aliphatic carbocycles. The summed E-state index contributed by atoms with van der Waals surface area (Å²) in [4.78, 5) is 22.4. The van der Waals surface area contributed by atoms with Crippen molar-refractivity contribution in [2.75, 3.05) is 5.73 Å². The van der Waals surface area contributed by atoms with E-state index in [1.807, 2.05) is 30.3 Å². The lowest BCUT2D eigenvalue weighted by atomic mass is 10.2. The van der Waals surface area contributed by atoms with E-state index in [1.54, 1.807) is 10.9 Å². The van der Waals surface area contributed by atoms with Gasteiger partial charge >= 0.3 is 0 Å². The maximum Gasteiger partial charge on any atom is 0.278 e. The van der Waals surface area contributed by atoms with Crippen LogP contribution in [0, 0.1) is 0 Å². The van der Waals surface area contributed by atoms with E-state index in [-0.39, 0.29) is 36.3 Å². The number of hydrogen-bond donors (Lipinski definition) is 2. The van der Waals surface area contributed by atoms with Crippen molar-refractivity contribution in [1.82, 2.24) is 19.5 Å². The number of fused-ring (bicyclic) bond motifs is 1. The fourth-order valence-corrected chi connectivity index (χ4v) is 1.90. The third-order valence-electron chi connectivity index (χ3n) is 2.70. The summed E-state index contributed by atoms with van der Waals surface area (Å²) in [5.74, 6) is 0.0810. The topological polar surface area (TPSA) is 89.6 Å². The van der Waals surface area contributed by atoms with Crippen LogP contribution in [0.25, 0.3) is 11.2 Å². The molecule has 3 rings (SSSR count). The molecule has 0 amide bonds. The van der Waals surface area contributed by atoms with Gasteiger partial charge in [0.05, 0.1) is 6.33 Å². The van der Waals surface area contributed by atoms with Gasteiger partial charge in [-0.2, -0.15) is 4.98 Å². The van der Waals surface area contributed by atoms with Gasteiger partial charge in [0.25, 0.3) is 5.56 Å². The fraction of sp³-hybridized carbons (Fsp3) is 0.0833. The van der Waals surface area contributed by atoms with E-state index in [0.717, 1.165) is 5.56 Å². The summed E-state index contributed by atoms with van der Waals surface area (Å²) < 4.78 is 1.76. The first-order valence-electron chi connectivity index (χ1n) is 5.48. The number of nitrogens with one attached hydrogen (secondary N) is 1. The Labute approximate surface area is 126 Å². The Kier molecular flexibility index (Phi) is 5.12. The summed E-state index contributed by atoms with van der Waals surface area (Å²) >= 11 is 0. The first kappa shape index (κ1) is 16.0. The fourth-order valence-electron chi connectivity index (χ4n) is 1.90. The highest BCUT2D eigenvalue weighted by molar-refractivity contribution is 5.85. The van der Waals surface area contributed by atoms with Gasteiger partial charge in [0.15, 0.2) is 11.2 Å². The van der Waals surface area contributed by atoms with Crippen LogP contribution in [-0.4, -0.2) is 19.5 Å². The van der Waals surface area contributed by atoms with E-state index in [9.17, 15) is 4.79 Å². The first-order chi connectivity index (χ1) is 8.74. The van der Waals surface area contributed by atoms with E-state index in [2.05, 4.69) is 15.0 Å². The molecule has 3 aromatic rings. The molecule has 2 aromatic heterocycles. The number of aromatic nitrogens is 4. The molecule has 0 bridgehead atoms. The van der Waals surface area contributed by atoms with Gasteiger partial charge in [-0.3, -0.25) is 9.78 Å². The molecule has 8 heteroatoms. The normalized spacial score (nSPS) is 9.80. The summed E-state index contributed by atoms with van der Waals surface area (Å²) in [5.41, 5.74) is 7.09. The summed E-state index contributed by atoms with van der Waals surface area (Å²) in [6.07, 6.45) is 1.60. The molecule has 0 spiro atoms. The molecule has 2 heterocycles. The van der Waals surface area contributed by atoms with Crippen molar-refractivity contribution in [3.8, 4) is 0 Å². The van der Waals surface area contributed by atoms with Crippen LogP contribution in [0.4, 0.5) is 5.95 Å². The van der Waals surface area contributed by atoms with Gasteiger partial charge < -0.3 is 10.3 Å². The smallest absolute Gasteiger partial charge is 0.278 e. The van der Waals surface area contributed by atoms with Crippen LogP contribution in [0.5, 0.6) is 0 Å². The van der Waals surface area contributed by atoms with E-state index in [4.69, 9.17) is 5.73 Å². The molecule has 0 saturated carbocycles. The zero-order chi connectivity index (χ0) is 12.5. The molecule has 6 nitrogen and oxygen atoms in total. The number of benzene rings is 1. The lowest BCUT2D eigenvalue weighted by molar-refractivity contribution is 0.820. The van der Waals surface area contributed by atoms with Gasteiger partial charge in [0, 0.05) is 6.54 Å². The van der Waals surface area contributed by atoms with Crippen LogP contribution in [0.15, 0.2) is 41.5 Å². The van der Waals surface area contributed by atoms with Crippen LogP contribution in [0.1, 0.15) is 5.56 Å². The Balaban J connectivity index is 0.000001000. The van der Waals surface area contributed by atoms with E-state index >= 15 is 0 Å². The van der Waals surface area contributed by atoms with E-state index in [1.165, 1.54) is 0 Å². The zero-order valence-electron chi connectivity index (χ0n) is 10.3. The van der Waals surface area contributed by atoms with Crippen molar-refractivity contribution in [3.05, 3.63) is 52.6 Å². The molecule has 20 heavy (non-hydrogen) atoms. The molecule has 0 atom stereocenters. The lowest BCUT2D eigenvalue weighted by Gasteiger charge is -2.03. The predicted octanol–water partition coefficient (Wildman–Crippen LogP) is 1.59. The molecule has 0 saturated heterocycles. The van der Waals surface area contributed by atoms with Crippen molar-refractivity contribution in [2.45, 2.75) is 6.54 Å². The average Bonchev–Trinajstić information content (AvgIpc) is 2.73. The molecule has 0 radical (unpaired) electrons. The Hall–Kier alpha value is -2.05. The average molecular weight is 314 g/mol. The minimum atomic E-state index is -0.272. The van der Waals surface area contributed by atoms with E-state index < -0.39 is 0 Å². The third-order valence-corrected chi connectivity index (χ3v) is 2.70. The number of nitrogens with two attached hydrogens (primary N) is 1. The Morgan fingerprint density at radius 1 is 1.20 bits per heavy atom. The van der Waals surface area contributed by atoms with Crippen LogP contribution < -0.4 is 11.3 Å². The highest BCUT2D eigenvalue weighted by atomic mass is 35.5. The maximum absolute atomic E-state index is 11.8. The number of hydrogen-bond acceptors (Lipinski definition) is 4. The number of nitrogens with zero attached hydrogens (tertiary/aromatic N) is 3. The summed E-state index contributed by atoms with van der Waals surface area (Å²) in [7, 11) is 0. The largest absolute Gasteiger partial charge is 0.369 e. The van der Waals surface area contributed by atoms with Crippen LogP contribution in [0.3, 0.4) is 0 Å². The minimum Gasteiger partial charge on any atom is -0.369 e. The van der Waals surface area contributed by atoms with Gasteiger partial charge in [0.2, 0.25) is 5.95 Å². The minimum absolute atomic E-state index is 0. The Bertz CT molecular complexity index is 753. The lowest BCUT2D eigenvalue weighted by Crippen LogP contribution is -2.14. The molecular weight excluding hydrogens is 301 g/mol. The standard InChI is InChI=1S/C12H11N5O.2ClH/c13-12-15-10-9(11(18)16-12)17(7-14-10)6-8-4-2-1-3-5-8;;/h1-5,7H,6H2,(H3,13,15,16,18);2*1H. The third kappa shape index (κ3) is 2.92. The number of imidazole rings is 1. The summed E-state index contributed by atoms with van der Waals surface area (Å²) in [5, 5.41) is 0. The Morgan fingerprint density at radius 3 is 2.60 bits per heavy atom. The van der Waals surface area contributed by atoms with Crippen molar-refractivity contribution < 1.29 is 0 Å². The second kappa shape index (κ2) is 6.40. The second-order valence-electron chi connectivity index (χ2n) is 3.98. The van der Waals surface area contributed by atoms with Gasteiger partial charge in [0.1, 0.15) is 0 Å². The highest BCUT2D eigenvalue weighted by Crippen LogP contribution is 2.09. The molecule has 0 fully saturated rings. The predicted molar refractivity (Wildman–Crippen MR) is 82.6 cm³/mol. The SMILES string of the molecule is Cl.Cl.Nc1nc2ncn(Cc3ccccc3)c2c(=O)[nH]1. The van der Waals surface area contributed by atoms with Gasteiger partial charge in [-0.1, -0.05) is 30.3 Å². The monoisotopic (exact) mass is 313 g/mol. The van der Waals surface area contributed by atoms with Crippen molar-refractivity contribution >= 4 is 41.9 Å². The molecule has 106 valence electrons. The van der Waals surface area contributed by atoms with E-state index in [0.29, 0.717) is 17.7 Å². The maximum atomic E-state index is 11.8. The summed E-state index contributed by atoms with van der Waals surface area (Å²) in [6.45, 7) is 0.575. The number of halogens is 2. The molecule has 0 aliphatic rings. The highest BCUT2D eigenvalue weighted by Gasteiger charge is 2.09. The van der Waals surface area contributed by atoms with Crippen molar-refractivity contribution in [2.24, 2.45) is 0 Å². The van der Waals surface area contributed by atoms with Crippen molar-refractivity contribution in [3.63, 3.8) is 0 Å². The Morgan fingerprint density at radius 2 is 1.90 bits per heavy atom. The van der Waals surface area contributed by atoms with Gasteiger partial charge in [-0.15, -0.1) is 24.8 Å². The molecule has 0 unspecified atom stereocenters. The number of H-pyrrole nitrogens is 1. The molecule has 3 N–H and O–H groups in total. The number of aromatic amines is 1. The zero-order valence-corrected chi connectivity index (χ0v) is 11.9. The molecule has 1 aromatic carbocycles. The van der Waals surface area contributed by atoms with Crippen LogP contribution in [0.2, 0.25) is 0 Å². The number of nitrogen functional groups attached to an aromatic ring is 1. The molecular formula is C12H13Cl2N5O. The second-order valence-corrected chi connectivity index (χ2v) is 3.98. The van der Waals surface area contributed by atoms with Gasteiger partial charge in [-0.05, 0) is 5.56 Å². The number of anilines is 1. The van der Waals surface area contributed by atoms with Crippen LogP contribution in [-0.2, 0) is 6.54 Å². The van der Waals surface area contributed by atoms with Gasteiger partial charge in [-0.25, -0.2) is 4.98 Å². The quantitative estimate of drug-likeness (QED) is 0.752. The first-order valence-corrected chi connectivity index (χ1v) is 5.48. The van der Waals surface area contributed by atoms with Crippen molar-refractivity contribution in [1.29, 1.82) is 0 Å². The molecule has 0 aliphatic heterocycles. The van der Waals surface area contributed by atoms with Crippen LogP contribution >= 0.6 is 24.8 Å².